The van der Waals surface area contributed by atoms with Crippen molar-refractivity contribution in [1.82, 2.24) is 10.2 Å². The monoisotopic (exact) mass is 268 g/mol. The molecule has 0 aromatic heterocycles. The third-order valence-corrected chi connectivity index (χ3v) is 4.63. The zero-order chi connectivity index (χ0) is 13.7. The van der Waals surface area contributed by atoms with Crippen LogP contribution in [0.2, 0.25) is 0 Å². The first-order valence-corrected chi connectivity index (χ1v) is 7.90. The molecule has 4 nitrogen and oxygen atoms in total. The van der Waals surface area contributed by atoms with Crippen LogP contribution in [0.4, 0.5) is 0 Å². The van der Waals surface area contributed by atoms with E-state index in [-0.39, 0.29) is 12.0 Å². The van der Waals surface area contributed by atoms with Crippen LogP contribution in [0, 0.1) is 5.92 Å². The zero-order valence-electron chi connectivity index (χ0n) is 12.4. The zero-order valence-corrected chi connectivity index (χ0v) is 12.4. The van der Waals surface area contributed by atoms with Crippen molar-refractivity contribution in [2.24, 2.45) is 5.92 Å². The van der Waals surface area contributed by atoms with Crippen LogP contribution in [0.3, 0.4) is 0 Å². The van der Waals surface area contributed by atoms with Crippen LogP contribution < -0.4 is 5.32 Å². The van der Waals surface area contributed by atoms with Gasteiger partial charge in [-0.25, -0.2) is 0 Å². The lowest BCUT2D eigenvalue weighted by atomic mass is 9.88. The minimum atomic E-state index is -0.0394. The number of ether oxygens (including phenoxy) is 1. The lowest BCUT2D eigenvalue weighted by Crippen LogP contribution is -2.48. The molecule has 2 aliphatic heterocycles. The third kappa shape index (κ3) is 3.69. The minimum absolute atomic E-state index is 0.0302. The van der Waals surface area contributed by atoms with Crippen molar-refractivity contribution in [3.8, 4) is 0 Å². The van der Waals surface area contributed by atoms with E-state index in [2.05, 4.69) is 17.1 Å². The minimum Gasteiger partial charge on any atom is -0.465 e. The van der Waals surface area contributed by atoms with E-state index < -0.39 is 0 Å². The summed E-state index contributed by atoms with van der Waals surface area (Å²) in [7, 11) is 0. The smallest absolute Gasteiger partial charge is 0.323 e. The van der Waals surface area contributed by atoms with Crippen LogP contribution >= 0.6 is 0 Å². The standard InChI is InChI=1S/C15H28N2O2/c1-3-14(15(18)19-4-2)17-10-7-12(8-11-17)13-6-5-9-16-13/h12-14,16H,3-11H2,1-2H3. The van der Waals surface area contributed by atoms with Crippen molar-refractivity contribution in [2.45, 2.75) is 58.0 Å². The maximum Gasteiger partial charge on any atom is 0.323 e. The summed E-state index contributed by atoms with van der Waals surface area (Å²) in [4.78, 5) is 14.3. The number of nitrogens with zero attached hydrogens (tertiary/aromatic N) is 1. The summed E-state index contributed by atoms with van der Waals surface area (Å²) in [5.41, 5.74) is 0. The first-order chi connectivity index (χ1) is 9.26. The third-order valence-electron chi connectivity index (χ3n) is 4.63. The van der Waals surface area contributed by atoms with Gasteiger partial charge in [-0.1, -0.05) is 6.92 Å². The van der Waals surface area contributed by atoms with Crippen molar-refractivity contribution in [1.29, 1.82) is 0 Å². The van der Waals surface area contributed by atoms with Gasteiger partial charge in [-0.05, 0) is 64.6 Å². The summed E-state index contributed by atoms with van der Waals surface area (Å²) < 4.78 is 5.18. The Balaban J connectivity index is 1.82. The van der Waals surface area contributed by atoms with Crippen molar-refractivity contribution in [3.05, 3.63) is 0 Å². The molecule has 4 heteroatoms. The van der Waals surface area contributed by atoms with Crippen molar-refractivity contribution < 1.29 is 9.53 Å². The van der Waals surface area contributed by atoms with Gasteiger partial charge in [0.2, 0.25) is 0 Å². The summed E-state index contributed by atoms with van der Waals surface area (Å²) in [6, 6.07) is 0.697. The second kappa shape index (κ2) is 7.25. The molecule has 0 radical (unpaired) electrons. The predicted molar refractivity (Wildman–Crippen MR) is 76.0 cm³/mol. The molecule has 1 N–H and O–H groups in total. The van der Waals surface area contributed by atoms with E-state index in [9.17, 15) is 4.79 Å². The number of hydrogen-bond donors (Lipinski definition) is 1. The quantitative estimate of drug-likeness (QED) is 0.772. The molecule has 0 aromatic carbocycles. The Labute approximate surface area is 116 Å². The number of esters is 1. The summed E-state index contributed by atoms with van der Waals surface area (Å²) in [5.74, 6) is 0.765. The van der Waals surface area contributed by atoms with Gasteiger partial charge in [-0.15, -0.1) is 0 Å². The van der Waals surface area contributed by atoms with E-state index in [1.807, 2.05) is 6.92 Å². The normalized spacial score (nSPS) is 27.4. The Bertz CT molecular complexity index is 282. The molecule has 2 aliphatic rings. The molecule has 0 amide bonds. The maximum atomic E-state index is 11.9. The predicted octanol–water partition coefficient (Wildman–Crippen LogP) is 1.79. The molecule has 2 fully saturated rings. The Kier molecular flexibility index (Phi) is 5.64. The van der Waals surface area contributed by atoms with Gasteiger partial charge in [0.15, 0.2) is 0 Å². The fourth-order valence-corrected chi connectivity index (χ4v) is 3.56. The van der Waals surface area contributed by atoms with Crippen LogP contribution in [-0.4, -0.2) is 49.2 Å². The van der Waals surface area contributed by atoms with Gasteiger partial charge in [0.1, 0.15) is 6.04 Å². The van der Waals surface area contributed by atoms with Gasteiger partial charge in [0.05, 0.1) is 6.61 Å². The summed E-state index contributed by atoms with van der Waals surface area (Å²) in [5, 5.41) is 3.62. The second-order valence-electron chi connectivity index (χ2n) is 5.75. The van der Waals surface area contributed by atoms with Crippen molar-refractivity contribution in [3.63, 3.8) is 0 Å². The van der Waals surface area contributed by atoms with Crippen LogP contribution in [0.15, 0.2) is 0 Å². The Morgan fingerprint density at radius 2 is 2.05 bits per heavy atom. The lowest BCUT2D eigenvalue weighted by molar-refractivity contribution is -0.150. The molecule has 2 saturated heterocycles. The highest BCUT2D eigenvalue weighted by atomic mass is 16.5. The number of nitrogens with one attached hydrogen (secondary N) is 1. The molecule has 2 atom stereocenters. The Hall–Kier alpha value is -0.610. The first kappa shape index (κ1) is 14.8. The van der Waals surface area contributed by atoms with Crippen LogP contribution in [0.1, 0.15) is 46.0 Å². The van der Waals surface area contributed by atoms with E-state index in [0.29, 0.717) is 6.61 Å². The van der Waals surface area contributed by atoms with Crippen LogP contribution in [-0.2, 0) is 9.53 Å². The molecule has 0 spiro atoms. The molecular weight excluding hydrogens is 240 g/mol. The second-order valence-corrected chi connectivity index (χ2v) is 5.75. The van der Waals surface area contributed by atoms with E-state index in [1.165, 1.54) is 32.2 Å². The maximum absolute atomic E-state index is 11.9. The highest BCUT2D eigenvalue weighted by molar-refractivity contribution is 5.75. The molecule has 0 aromatic rings. The number of carbonyl (C=O) groups is 1. The van der Waals surface area contributed by atoms with Crippen molar-refractivity contribution >= 4 is 5.97 Å². The highest BCUT2D eigenvalue weighted by Gasteiger charge is 2.32. The molecule has 110 valence electrons. The van der Waals surface area contributed by atoms with Crippen LogP contribution in [0.25, 0.3) is 0 Å². The molecule has 2 rings (SSSR count). The van der Waals surface area contributed by atoms with Gasteiger partial charge in [0, 0.05) is 6.04 Å². The fraction of sp³-hybridized carbons (Fsp3) is 0.933. The topological polar surface area (TPSA) is 41.6 Å². The molecular formula is C15H28N2O2. The summed E-state index contributed by atoms with van der Waals surface area (Å²) in [6.45, 7) is 7.71. The van der Waals surface area contributed by atoms with Gasteiger partial charge in [-0.2, -0.15) is 0 Å². The van der Waals surface area contributed by atoms with E-state index >= 15 is 0 Å². The van der Waals surface area contributed by atoms with Gasteiger partial charge >= 0.3 is 5.97 Å². The Morgan fingerprint density at radius 3 is 2.58 bits per heavy atom. The van der Waals surface area contributed by atoms with Crippen molar-refractivity contribution in [2.75, 3.05) is 26.2 Å². The Morgan fingerprint density at radius 1 is 1.32 bits per heavy atom. The van der Waals surface area contributed by atoms with E-state index in [1.54, 1.807) is 0 Å². The number of hydrogen-bond acceptors (Lipinski definition) is 4. The largest absolute Gasteiger partial charge is 0.465 e. The van der Waals surface area contributed by atoms with E-state index in [4.69, 9.17) is 4.74 Å². The SMILES string of the molecule is CCOC(=O)C(CC)N1CCC(C2CCCN2)CC1. The molecule has 0 aliphatic carbocycles. The average Bonchev–Trinajstić information content (AvgIpc) is 2.95. The average molecular weight is 268 g/mol. The van der Waals surface area contributed by atoms with E-state index in [0.717, 1.165) is 31.5 Å². The van der Waals surface area contributed by atoms with Gasteiger partial charge < -0.3 is 10.1 Å². The molecule has 2 heterocycles. The summed E-state index contributed by atoms with van der Waals surface area (Å²) >= 11 is 0. The van der Waals surface area contributed by atoms with Gasteiger partial charge in [0.25, 0.3) is 0 Å². The molecule has 2 unspecified atom stereocenters. The number of carbonyl (C=O) groups excluding carboxylic acids is 1. The highest BCUT2D eigenvalue weighted by Crippen LogP contribution is 2.27. The van der Waals surface area contributed by atoms with Gasteiger partial charge in [-0.3, -0.25) is 9.69 Å². The number of likely N-dealkylation sites (tertiary alicyclic amines) is 1. The molecule has 0 bridgehead atoms. The molecule has 0 saturated carbocycles. The number of piperidine rings is 1. The van der Waals surface area contributed by atoms with Crippen LogP contribution in [0.5, 0.6) is 0 Å². The number of rotatable bonds is 5. The lowest BCUT2D eigenvalue weighted by Gasteiger charge is -2.38. The first-order valence-electron chi connectivity index (χ1n) is 7.90. The molecule has 19 heavy (non-hydrogen) atoms. The fourth-order valence-electron chi connectivity index (χ4n) is 3.56. The summed E-state index contributed by atoms with van der Waals surface area (Å²) in [6.07, 6.45) is 5.94.